The summed E-state index contributed by atoms with van der Waals surface area (Å²) in [5.74, 6) is 0.136. The lowest BCUT2D eigenvalue weighted by Crippen LogP contribution is -2.44. The Morgan fingerprint density at radius 1 is 1.55 bits per heavy atom. The van der Waals surface area contributed by atoms with Gasteiger partial charge in [0.05, 0.1) is 17.6 Å². The van der Waals surface area contributed by atoms with Gasteiger partial charge in [-0.15, -0.1) is 0 Å². The summed E-state index contributed by atoms with van der Waals surface area (Å²) in [5.41, 5.74) is 4.65. The number of aliphatic hydroxyl groups excluding tert-OH is 2. The lowest BCUT2D eigenvalue weighted by Gasteiger charge is -2.27. The van der Waals surface area contributed by atoms with Crippen molar-refractivity contribution in [2.24, 2.45) is 0 Å². The number of nitrogens with zero attached hydrogens (tertiary/aromatic N) is 4. The predicted molar refractivity (Wildman–Crippen MR) is 74.3 cm³/mol. The number of hydrogen-bond donors (Lipinski definition) is 4. The molecule has 4 atom stereocenters. The van der Waals surface area contributed by atoms with Crippen LogP contribution in [0.2, 0.25) is 0 Å². The zero-order valence-electron chi connectivity index (χ0n) is 11.7. The first-order chi connectivity index (χ1) is 10.4. The van der Waals surface area contributed by atoms with E-state index in [1.165, 1.54) is 24.0 Å². The lowest BCUT2D eigenvalue weighted by atomic mass is 9.96. The van der Waals surface area contributed by atoms with E-state index in [1.54, 1.807) is 0 Å². The van der Waals surface area contributed by atoms with Gasteiger partial charge >= 0.3 is 0 Å². The number of nitriles is 1. The van der Waals surface area contributed by atoms with Gasteiger partial charge in [-0.2, -0.15) is 5.26 Å². The molecule has 1 saturated heterocycles. The second-order valence-corrected chi connectivity index (χ2v) is 5.40. The van der Waals surface area contributed by atoms with E-state index in [2.05, 4.69) is 9.97 Å². The molecule has 9 heteroatoms. The maximum Gasteiger partial charge on any atom is 0.167 e. The van der Waals surface area contributed by atoms with Gasteiger partial charge in [-0.25, -0.2) is 9.97 Å². The molecule has 22 heavy (non-hydrogen) atoms. The predicted octanol–water partition coefficient (Wildman–Crippen LogP) is -1.11. The Balaban J connectivity index is 2.20. The molecule has 0 spiro atoms. The van der Waals surface area contributed by atoms with E-state index in [0.717, 1.165) is 0 Å². The van der Waals surface area contributed by atoms with Gasteiger partial charge in [0.1, 0.15) is 41.7 Å². The molecule has 5 N–H and O–H groups in total. The Morgan fingerprint density at radius 3 is 2.86 bits per heavy atom. The van der Waals surface area contributed by atoms with Crippen LogP contribution in [0, 0.1) is 11.3 Å². The van der Waals surface area contributed by atoms with Crippen LogP contribution in [-0.2, 0) is 4.74 Å². The van der Waals surface area contributed by atoms with Gasteiger partial charge in [0.25, 0.3) is 0 Å². The molecule has 0 aromatic carbocycles. The molecule has 3 rings (SSSR count). The summed E-state index contributed by atoms with van der Waals surface area (Å²) in [6.45, 7) is 0.940. The largest absolute Gasteiger partial charge is 0.394 e. The van der Waals surface area contributed by atoms with Crippen molar-refractivity contribution in [2.45, 2.75) is 31.0 Å². The Morgan fingerprint density at radius 2 is 2.27 bits per heavy atom. The van der Waals surface area contributed by atoms with Gasteiger partial charge < -0.3 is 30.4 Å². The highest BCUT2D eigenvalue weighted by molar-refractivity contribution is 5.92. The van der Waals surface area contributed by atoms with Crippen LogP contribution in [0.15, 0.2) is 12.5 Å². The maximum atomic E-state index is 10.5. The molecule has 0 amide bonds. The molecular weight excluding hydrogens is 290 g/mol. The molecule has 0 aliphatic carbocycles. The van der Waals surface area contributed by atoms with E-state index in [1.807, 2.05) is 6.07 Å². The minimum Gasteiger partial charge on any atom is -0.394 e. The summed E-state index contributed by atoms with van der Waals surface area (Å²) in [5, 5.41) is 39.4. The summed E-state index contributed by atoms with van der Waals surface area (Å²) in [6, 6.07) is 1.99. The van der Waals surface area contributed by atoms with Gasteiger partial charge in [-0.1, -0.05) is 0 Å². The number of rotatable bonds is 2. The normalized spacial score (nSPS) is 31.5. The second-order valence-electron chi connectivity index (χ2n) is 5.40. The van der Waals surface area contributed by atoms with E-state index in [4.69, 9.17) is 10.5 Å². The molecule has 2 aromatic rings. The second kappa shape index (κ2) is 4.89. The molecule has 0 bridgehead atoms. The molecule has 9 nitrogen and oxygen atoms in total. The van der Waals surface area contributed by atoms with Crippen LogP contribution in [0.4, 0.5) is 5.82 Å². The van der Waals surface area contributed by atoms with E-state index < -0.39 is 30.6 Å². The smallest absolute Gasteiger partial charge is 0.167 e. The lowest BCUT2D eigenvalue weighted by molar-refractivity contribution is -0.0948. The molecule has 0 saturated carbocycles. The number of aromatic nitrogens is 3. The van der Waals surface area contributed by atoms with E-state index in [0.29, 0.717) is 11.0 Å². The Labute approximate surface area is 125 Å². The third-order valence-corrected chi connectivity index (χ3v) is 3.95. The van der Waals surface area contributed by atoms with E-state index in [-0.39, 0.29) is 11.4 Å². The SMILES string of the molecule is C[C@]1(O)C(O)C(CO)O[C@H]1n1cc(C#N)c2c(N)ncnc21. The third-order valence-electron chi connectivity index (χ3n) is 3.95. The fourth-order valence-corrected chi connectivity index (χ4v) is 2.76. The zero-order chi connectivity index (χ0) is 16.1. The van der Waals surface area contributed by atoms with Gasteiger partial charge in [0.15, 0.2) is 6.23 Å². The highest BCUT2D eigenvalue weighted by Gasteiger charge is 2.53. The summed E-state index contributed by atoms with van der Waals surface area (Å²) in [4.78, 5) is 7.93. The summed E-state index contributed by atoms with van der Waals surface area (Å²) in [6.07, 6.45) is -0.592. The van der Waals surface area contributed by atoms with Crippen molar-refractivity contribution in [3.8, 4) is 6.07 Å². The monoisotopic (exact) mass is 305 g/mol. The van der Waals surface area contributed by atoms with Crippen molar-refractivity contribution in [1.29, 1.82) is 5.26 Å². The van der Waals surface area contributed by atoms with Gasteiger partial charge in [0, 0.05) is 6.20 Å². The molecule has 0 radical (unpaired) electrons. The first-order valence-electron chi connectivity index (χ1n) is 6.59. The van der Waals surface area contributed by atoms with Crippen molar-refractivity contribution < 1.29 is 20.1 Å². The average molecular weight is 305 g/mol. The van der Waals surface area contributed by atoms with Crippen molar-refractivity contribution in [2.75, 3.05) is 12.3 Å². The standard InChI is InChI=1S/C13H15N5O4/c1-13(21)9(20)7(4-19)22-12(13)18-3-6(2-14)8-10(15)16-5-17-11(8)18/h3,5,7,9,12,19-21H,4H2,1H3,(H2,15,16,17)/t7?,9?,12-,13+/m1/s1. The topological polar surface area (TPSA) is 150 Å². The number of ether oxygens (including phenoxy) is 1. The van der Waals surface area contributed by atoms with Crippen LogP contribution in [0.3, 0.4) is 0 Å². The molecule has 1 aliphatic rings. The molecule has 1 aliphatic heterocycles. The number of fused-ring (bicyclic) bond motifs is 1. The van der Waals surface area contributed by atoms with Crippen LogP contribution in [0.1, 0.15) is 18.7 Å². The quantitative estimate of drug-likeness (QED) is 0.545. The van der Waals surface area contributed by atoms with Crippen molar-refractivity contribution >= 4 is 16.9 Å². The number of hydrogen-bond acceptors (Lipinski definition) is 8. The van der Waals surface area contributed by atoms with Gasteiger partial charge in [-0.3, -0.25) is 0 Å². The number of aliphatic hydroxyl groups is 3. The highest BCUT2D eigenvalue weighted by atomic mass is 16.6. The molecular formula is C13H15N5O4. The number of anilines is 1. The zero-order valence-corrected chi connectivity index (χ0v) is 11.7. The molecule has 2 aromatic heterocycles. The van der Waals surface area contributed by atoms with Crippen molar-refractivity contribution in [3.63, 3.8) is 0 Å². The van der Waals surface area contributed by atoms with Crippen LogP contribution in [0.25, 0.3) is 11.0 Å². The summed E-state index contributed by atoms with van der Waals surface area (Å²) < 4.78 is 6.95. The molecule has 1 fully saturated rings. The fourth-order valence-electron chi connectivity index (χ4n) is 2.76. The summed E-state index contributed by atoms with van der Waals surface area (Å²) in [7, 11) is 0. The van der Waals surface area contributed by atoms with Crippen molar-refractivity contribution in [1.82, 2.24) is 14.5 Å². The minimum absolute atomic E-state index is 0.136. The van der Waals surface area contributed by atoms with Crippen molar-refractivity contribution in [3.05, 3.63) is 18.1 Å². The summed E-state index contributed by atoms with van der Waals surface area (Å²) >= 11 is 0. The third kappa shape index (κ3) is 1.86. The van der Waals surface area contributed by atoms with Crippen LogP contribution in [-0.4, -0.2) is 54.3 Å². The molecule has 3 heterocycles. The fraction of sp³-hybridized carbons (Fsp3) is 0.462. The Hall–Kier alpha value is -2.25. The minimum atomic E-state index is -1.67. The highest BCUT2D eigenvalue weighted by Crippen LogP contribution is 2.40. The van der Waals surface area contributed by atoms with Crippen LogP contribution in [0.5, 0.6) is 0 Å². The first-order valence-corrected chi connectivity index (χ1v) is 6.59. The van der Waals surface area contributed by atoms with Crippen LogP contribution >= 0.6 is 0 Å². The van der Waals surface area contributed by atoms with E-state index in [9.17, 15) is 20.6 Å². The first kappa shape index (κ1) is 14.7. The van der Waals surface area contributed by atoms with Crippen LogP contribution < -0.4 is 5.73 Å². The molecule has 2 unspecified atom stereocenters. The van der Waals surface area contributed by atoms with Gasteiger partial charge in [-0.05, 0) is 6.92 Å². The van der Waals surface area contributed by atoms with E-state index >= 15 is 0 Å². The Kier molecular flexibility index (Phi) is 3.26. The Bertz CT molecular complexity index is 766. The number of nitrogens with two attached hydrogens (primary N) is 1. The average Bonchev–Trinajstić information content (AvgIpc) is 2.97. The number of nitrogen functional groups attached to an aromatic ring is 1. The van der Waals surface area contributed by atoms with Gasteiger partial charge in [0.2, 0.25) is 0 Å². The maximum absolute atomic E-state index is 10.5. The molecule has 116 valence electrons.